The molecule has 0 aliphatic carbocycles. The molecule has 0 aliphatic heterocycles. The molecule has 0 unspecified atom stereocenters. The molecule has 0 N–H and O–H groups in total. The van der Waals surface area contributed by atoms with E-state index in [2.05, 4.69) is 18.2 Å². The molecule has 0 saturated carbocycles. The Labute approximate surface area is 550 Å². The van der Waals surface area contributed by atoms with Gasteiger partial charge in [0.05, 0.1) is 22.3 Å². The first-order valence-corrected chi connectivity index (χ1v) is 30.4. The van der Waals surface area contributed by atoms with Crippen LogP contribution in [-0.2, 0) is 53.1 Å². The van der Waals surface area contributed by atoms with Gasteiger partial charge in [0.2, 0.25) is 0 Å². The zero-order valence-corrected chi connectivity index (χ0v) is 52.4. The normalized spacial score (nSPS) is 12.4. The van der Waals surface area contributed by atoms with Crippen LogP contribution in [0.2, 0.25) is 0 Å². The van der Waals surface area contributed by atoms with Gasteiger partial charge in [0.15, 0.2) is 69.8 Å². The van der Waals surface area contributed by atoms with Crippen molar-refractivity contribution in [3.05, 3.63) is 188 Å². The minimum atomic E-state index is -8.89. The summed E-state index contributed by atoms with van der Waals surface area (Å²) >= 11 is -2.00. The summed E-state index contributed by atoms with van der Waals surface area (Å²) in [6.45, 7) is 5.89. The molecule has 0 atom stereocenters. The van der Waals surface area contributed by atoms with Crippen LogP contribution in [0.3, 0.4) is 0 Å². The monoisotopic (exact) mass is 1540 g/mol. The van der Waals surface area contributed by atoms with E-state index in [1.54, 1.807) is 21.3 Å². The molecule has 0 bridgehead atoms. The third kappa shape index (κ3) is 17.1. The second-order valence-corrected chi connectivity index (χ2v) is 24.1. The summed E-state index contributed by atoms with van der Waals surface area (Å²) in [7, 11) is 4.98. The van der Waals surface area contributed by atoms with E-state index < -0.39 is 182 Å². The fourth-order valence-electron chi connectivity index (χ4n) is 10.1. The maximum Gasteiger partial charge on any atom is 0.416 e. The van der Waals surface area contributed by atoms with Gasteiger partial charge in [-0.25, -0.2) is 70.2 Å². The van der Waals surface area contributed by atoms with Crippen LogP contribution in [0.25, 0.3) is 0 Å². The van der Waals surface area contributed by atoms with Crippen molar-refractivity contribution in [2.45, 2.75) is 24.7 Å². The summed E-state index contributed by atoms with van der Waals surface area (Å²) in [5, 5.41) is 0. The molecule has 0 saturated heterocycles. The van der Waals surface area contributed by atoms with Gasteiger partial charge in [-0.15, -0.1) is 21.9 Å². The van der Waals surface area contributed by atoms with E-state index in [9.17, 15) is 87.8 Å². The van der Waals surface area contributed by atoms with Crippen LogP contribution >= 0.6 is 0 Å². The van der Waals surface area contributed by atoms with E-state index in [0.717, 1.165) is 30.6 Å². The number of benzene rings is 7. The van der Waals surface area contributed by atoms with E-state index in [4.69, 9.17) is 42.6 Å². The number of halogens is 28. The molecule has 548 valence electrons. The quantitative estimate of drug-likeness (QED) is 0.0157. The molecule has 39 heteroatoms. The summed E-state index contributed by atoms with van der Waals surface area (Å²) in [5.74, 6) is -67.3. The third-order valence-electron chi connectivity index (χ3n) is 14.0. The molecule has 0 aromatic heterocycles. The van der Waals surface area contributed by atoms with Gasteiger partial charge in [0.25, 0.3) is 0 Å². The summed E-state index contributed by atoms with van der Waals surface area (Å²) < 4.78 is 472. The van der Waals surface area contributed by atoms with Crippen molar-refractivity contribution in [2.75, 3.05) is 101 Å². The maximum absolute atomic E-state index is 16.0. The van der Waals surface area contributed by atoms with Gasteiger partial charge in [-0.05, 0) is 0 Å². The van der Waals surface area contributed by atoms with Crippen LogP contribution in [0.5, 0.6) is 17.2 Å². The van der Waals surface area contributed by atoms with Crippen molar-refractivity contribution in [2.24, 2.45) is 0 Å². The van der Waals surface area contributed by atoms with Crippen molar-refractivity contribution < 1.29 is 166 Å². The van der Waals surface area contributed by atoms with Crippen LogP contribution in [0, 0.1) is 93.1 Å². The average molecular weight is 1540 g/mol. The van der Waals surface area contributed by atoms with Crippen LogP contribution in [0.1, 0.15) is 22.3 Å². The smallest absolute Gasteiger partial charge is 0.207 e. The third-order valence-corrected chi connectivity index (χ3v) is 18.9. The Morgan fingerprint density at radius 3 is 0.650 bits per heavy atom. The molecule has 0 aliphatic rings. The second-order valence-electron chi connectivity index (χ2n) is 20.0. The molecule has 7 rings (SSSR count). The second kappa shape index (κ2) is 33.9. The van der Waals surface area contributed by atoms with Crippen LogP contribution < -0.4 is 49.4 Å². The first kappa shape index (κ1) is 81.3. The van der Waals surface area contributed by atoms with Crippen LogP contribution in [-0.4, -0.2) is 121 Å². The summed E-state index contributed by atoms with van der Waals surface area (Å²) in [6, 6.07) is 24.6. The Balaban J connectivity index is 0.000000328. The average Bonchev–Trinajstić information content (AvgIpc) is 0.668. The molecule has 100 heavy (non-hydrogen) atoms. The number of para-hydroxylation sites is 3. The van der Waals surface area contributed by atoms with E-state index in [0.29, 0.717) is 79.3 Å². The number of methoxy groups -OCH3 is 3. The predicted molar refractivity (Wildman–Crippen MR) is 298 cm³/mol. The maximum atomic E-state index is 16.0. The SMILES string of the molecule is COCCOCCOc1ccccc1[Se+](c1ccccc1OCCOCCOC)c1ccccc1OCCOCCOC.Fc1c(F)c(F)c(C(F)(F)F)c([B-](c2c(F)c(F)c(F)c(F)c2C(F)(F)F)(c2c(F)c(F)c(F)c(F)c2C(F)(F)F)c2c(F)c(F)c(F)c(F)c2C(F)(F)F)c1F. The van der Waals surface area contributed by atoms with Gasteiger partial charge in [-0.2, -0.15) is 52.7 Å². The van der Waals surface area contributed by atoms with Crippen molar-refractivity contribution in [3.8, 4) is 17.2 Å². The van der Waals surface area contributed by atoms with Crippen molar-refractivity contribution in [1.29, 1.82) is 0 Å². The van der Waals surface area contributed by atoms with E-state index in [-0.39, 0.29) is 0 Å². The van der Waals surface area contributed by atoms with Gasteiger partial charge >= 0.3 is 285 Å². The molecule has 0 spiro atoms. The molecule has 0 amide bonds. The summed E-state index contributed by atoms with van der Waals surface area (Å²) in [5.41, 5.74) is -38.1. The number of alkyl halides is 12. The first-order chi connectivity index (χ1) is 46.8. The van der Waals surface area contributed by atoms with Gasteiger partial charge < -0.3 is 0 Å². The number of ether oxygens (including phenoxy) is 9. The van der Waals surface area contributed by atoms with Crippen LogP contribution in [0.4, 0.5) is 123 Å². The standard InChI is InChI=1S/C33H45O9Se.C28BF28/c1-34-16-19-37-22-25-40-28-10-4-7-13-31(28)43(32-14-8-5-11-29(32)41-26-23-38-20-17-35-2)33-15-9-6-12-30(33)42-27-24-39-21-18-36-3;30-9-1(25(46,47)48)5(13(34)21(42)17(9)38)29(6-2(26(49,50)51)10(31)18(39)22(43)14(6)35,7-3(27(52,53)54)11(32)19(40)23(44)15(7)36)8-4(28(55,56)57)12(33)20(41)24(45)16(8)37/h4-15H,16-27H2,1-3H3;/q+1;-1. The largest absolute Gasteiger partial charge is 0.416 e. The van der Waals surface area contributed by atoms with Gasteiger partial charge in [0.1, 0.15) is 29.4 Å². The zero-order valence-electron chi connectivity index (χ0n) is 50.7. The Hall–Kier alpha value is -7.68. The van der Waals surface area contributed by atoms with Gasteiger partial charge in [-0.1, -0.05) is 0 Å². The van der Waals surface area contributed by atoms with E-state index in [1.807, 2.05) is 54.6 Å². The van der Waals surface area contributed by atoms with Crippen molar-refractivity contribution >= 4 is 55.3 Å². The minimum absolute atomic E-state index is 0.424. The number of rotatable bonds is 28. The molecule has 0 fully saturated rings. The Morgan fingerprint density at radius 2 is 0.450 bits per heavy atom. The Bertz CT molecular complexity index is 3550. The number of hydrogen-bond acceptors (Lipinski definition) is 9. The van der Waals surface area contributed by atoms with Gasteiger partial charge in [-0.3, -0.25) is 0 Å². The Morgan fingerprint density at radius 1 is 0.260 bits per heavy atom. The first-order valence-electron chi connectivity index (χ1n) is 27.8. The molecule has 0 heterocycles. The topological polar surface area (TPSA) is 83.1 Å². The van der Waals surface area contributed by atoms with Crippen molar-refractivity contribution in [3.63, 3.8) is 0 Å². The van der Waals surface area contributed by atoms with E-state index >= 15 is 35.1 Å². The molecular weight excluding hydrogens is 1500 g/mol. The molecule has 7 aromatic rings. The van der Waals surface area contributed by atoms with Crippen molar-refractivity contribution in [1.82, 2.24) is 0 Å². The summed E-state index contributed by atoms with van der Waals surface area (Å²) in [6.07, 6.45) is -39.5. The Kier molecular flexibility index (Phi) is 27.5. The minimum Gasteiger partial charge on any atom is -0.207 e. The molecule has 9 nitrogen and oxygen atoms in total. The molecular formula is C61H45BF28O9Se. The fraction of sp³-hybridized carbons (Fsp3) is 0.311. The van der Waals surface area contributed by atoms with Gasteiger partial charge in [0, 0.05) is 0 Å². The van der Waals surface area contributed by atoms with E-state index in [1.165, 1.54) is 0 Å². The predicted octanol–water partition coefficient (Wildman–Crippen LogP) is 11.7. The fourth-order valence-corrected chi connectivity index (χ4v) is 15.0. The number of hydrogen-bond donors (Lipinski definition) is 0. The zero-order chi connectivity index (χ0) is 74.7. The molecule has 0 radical (unpaired) electrons. The van der Waals surface area contributed by atoms with Crippen LogP contribution in [0.15, 0.2) is 72.8 Å². The summed E-state index contributed by atoms with van der Waals surface area (Å²) in [4.78, 5) is 0. The molecule has 7 aromatic carbocycles.